The highest BCUT2D eigenvalue weighted by molar-refractivity contribution is 6.14. The summed E-state index contributed by atoms with van der Waals surface area (Å²) in [7, 11) is 4.51. The fourth-order valence-corrected chi connectivity index (χ4v) is 3.80. The first-order valence-corrected chi connectivity index (χ1v) is 10.5. The van der Waals surface area contributed by atoms with E-state index in [9.17, 15) is 9.59 Å². The van der Waals surface area contributed by atoms with Crippen LogP contribution in [-0.4, -0.2) is 39.9 Å². The van der Waals surface area contributed by atoms with Gasteiger partial charge >= 0.3 is 5.97 Å². The van der Waals surface area contributed by atoms with Crippen LogP contribution in [0.2, 0.25) is 0 Å². The van der Waals surface area contributed by atoms with Crippen molar-refractivity contribution < 1.29 is 42.7 Å². The van der Waals surface area contributed by atoms with Crippen molar-refractivity contribution in [2.24, 2.45) is 0 Å². The fraction of sp³-hybridized carbons (Fsp3) is 0.154. The minimum atomic E-state index is -0.585. The molecule has 0 atom stereocenters. The maximum atomic E-state index is 12.9. The lowest BCUT2D eigenvalue weighted by molar-refractivity contribution is 0.0734. The molecule has 0 aromatic heterocycles. The molecule has 0 aliphatic carbocycles. The van der Waals surface area contributed by atoms with Crippen molar-refractivity contribution in [3.8, 4) is 40.2 Å². The first kappa shape index (κ1) is 22.1. The predicted molar refractivity (Wildman–Crippen MR) is 123 cm³/mol. The topological polar surface area (TPSA) is 98.8 Å². The van der Waals surface area contributed by atoms with Crippen molar-refractivity contribution in [3.63, 3.8) is 0 Å². The molecule has 9 nitrogen and oxygen atoms in total. The van der Waals surface area contributed by atoms with Crippen molar-refractivity contribution >= 4 is 17.8 Å². The molecule has 2 aliphatic heterocycles. The van der Waals surface area contributed by atoms with Crippen LogP contribution in [-0.2, 0) is 0 Å². The average molecular weight is 476 g/mol. The van der Waals surface area contributed by atoms with Crippen molar-refractivity contribution in [1.29, 1.82) is 0 Å². The van der Waals surface area contributed by atoms with E-state index in [1.54, 1.807) is 42.5 Å². The number of carbonyl (C=O) groups excluding carboxylic acids is 2. The molecule has 0 N–H and O–H groups in total. The summed E-state index contributed by atoms with van der Waals surface area (Å²) >= 11 is 0. The second-order valence-electron chi connectivity index (χ2n) is 7.48. The number of hydrogen-bond donors (Lipinski definition) is 0. The number of Topliss-reactive ketones (excluding diaryl/α,β-unsaturated/α-hetero) is 1. The zero-order chi connectivity index (χ0) is 24.5. The van der Waals surface area contributed by atoms with Gasteiger partial charge in [0, 0.05) is 11.6 Å². The Morgan fingerprint density at radius 2 is 1.66 bits per heavy atom. The molecule has 0 saturated carbocycles. The van der Waals surface area contributed by atoms with Gasteiger partial charge in [0.1, 0.15) is 11.5 Å². The molecule has 178 valence electrons. The van der Waals surface area contributed by atoms with Crippen LogP contribution in [0.25, 0.3) is 6.08 Å². The van der Waals surface area contributed by atoms with Crippen molar-refractivity contribution in [1.82, 2.24) is 0 Å². The summed E-state index contributed by atoms with van der Waals surface area (Å²) in [5, 5.41) is 0. The molecule has 5 rings (SSSR count). The monoisotopic (exact) mass is 476 g/mol. The number of methoxy groups -OCH3 is 3. The van der Waals surface area contributed by atoms with Gasteiger partial charge in [-0.2, -0.15) is 0 Å². The van der Waals surface area contributed by atoms with Crippen LogP contribution in [0, 0.1) is 0 Å². The number of carbonyl (C=O) groups is 2. The van der Waals surface area contributed by atoms with Crippen LogP contribution in [0.4, 0.5) is 0 Å². The van der Waals surface area contributed by atoms with Crippen LogP contribution in [0.3, 0.4) is 0 Å². The highest BCUT2D eigenvalue weighted by atomic mass is 16.7. The highest BCUT2D eigenvalue weighted by Gasteiger charge is 2.29. The number of allylic oxidation sites excluding steroid dienone is 1. The van der Waals surface area contributed by atoms with Gasteiger partial charge in [0.25, 0.3) is 0 Å². The fourth-order valence-electron chi connectivity index (χ4n) is 3.80. The Bertz CT molecular complexity index is 1370. The quantitative estimate of drug-likeness (QED) is 0.293. The number of ether oxygens (including phenoxy) is 7. The summed E-state index contributed by atoms with van der Waals surface area (Å²) in [6, 6.07) is 12.8. The molecule has 0 amide bonds. The first-order valence-electron chi connectivity index (χ1n) is 10.5. The van der Waals surface area contributed by atoms with Gasteiger partial charge in [0.05, 0.1) is 32.5 Å². The van der Waals surface area contributed by atoms with Crippen LogP contribution < -0.4 is 33.2 Å². The van der Waals surface area contributed by atoms with Gasteiger partial charge in [-0.15, -0.1) is 0 Å². The largest absolute Gasteiger partial charge is 0.493 e. The Morgan fingerprint density at radius 1 is 0.857 bits per heavy atom. The van der Waals surface area contributed by atoms with Gasteiger partial charge in [-0.05, 0) is 48.5 Å². The van der Waals surface area contributed by atoms with E-state index in [0.29, 0.717) is 45.4 Å². The molecule has 3 aromatic carbocycles. The zero-order valence-electron chi connectivity index (χ0n) is 19.1. The molecular weight excluding hydrogens is 456 g/mol. The Morgan fingerprint density at radius 3 is 2.43 bits per heavy atom. The molecule has 0 bridgehead atoms. The molecule has 0 saturated heterocycles. The summed E-state index contributed by atoms with van der Waals surface area (Å²) < 4.78 is 38.0. The van der Waals surface area contributed by atoms with E-state index in [-0.39, 0.29) is 29.8 Å². The van der Waals surface area contributed by atoms with Gasteiger partial charge in [0.2, 0.25) is 18.3 Å². The number of hydrogen-bond acceptors (Lipinski definition) is 9. The van der Waals surface area contributed by atoms with E-state index < -0.39 is 5.97 Å². The standard InChI is InChI=1S/C26H20O9/c1-29-19-9-4-14(24(30-2)25(19)31-3)10-22-23(27)17-7-6-16(12-20(17)35-22)34-26(28)15-5-8-18-21(11-15)33-13-32-18/h4-12H,13H2,1-3H3. The Kier molecular flexibility index (Phi) is 5.66. The lowest BCUT2D eigenvalue weighted by atomic mass is 10.1. The van der Waals surface area contributed by atoms with Gasteiger partial charge < -0.3 is 33.2 Å². The second kappa shape index (κ2) is 8.94. The van der Waals surface area contributed by atoms with Gasteiger partial charge in [-0.3, -0.25) is 4.79 Å². The Labute approximate surface area is 200 Å². The summed E-state index contributed by atoms with van der Waals surface area (Å²) in [4.78, 5) is 25.5. The average Bonchev–Trinajstić information content (AvgIpc) is 3.47. The minimum absolute atomic E-state index is 0.0877. The second-order valence-corrected chi connectivity index (χ2v) is 7.48. The summed E-state index contributed by atoms with van der Waals surface area (Å²) in [6.45, 7) is 0.106. The van der Waals surface area contributed by atoms with E-state index in [1.807, 2.05) is 0 Å². The smallest absolute Gasteiger partial charge is 0.343 e. The van der Waals surface area contributed by atoms with Crippen LogP contribution in [0.15, 0.2) is 54.3 Å². The minimum Gasteiger partial charge on any atom is -0.493 e. The van der Waals surface area contributed by atoms with Crippen molar-refractivity contribution in [2.75, 3.05) is 28.1 Å². The number of rotatable bonds is 6. The van der Waals surface area contributed by atoms with Crippen LogP contribution >= 0.6 is 0 Å². The van der Waals surface area contributed by atoms with E-state index in [4.69, 9.17) is 33.2 Å². The van der Waals surface area contributed by atoms with E-state index in [2.05, 4.69) is 0 Å². The molecule has 0 unspecified atom stereocenters. The maximum absolute atomic E-state index is 12.9. The molecule has 2 aliphatic rings. The number of ketones is 1. The number of fused-ring (bicyclic) bond motifs is 2. The molecule has 0 radical (unpaired) electrons. The highest BCUT2D eigenvalue weighted by Crippen LogP contribution is 2.42. The molecular formula is C26H20O9. The van der Waals surface area contributed by atoms with E-state index in [0.717, 1.165) is 0 Å². The predicted octanol–water partition coefficient (Wildman–Crippen LogP) is 4.28. The molecule has 9 heteroatoms. The zero-order valence-corrected chi connectivity index (χ0v) is 19.1. The van der Waals surface area contributed by atoms with Crippen LogP contribution in [0.1, 0.15) is 26.3 Å². The summed E-state index contributed by atoms with van der Waals surface area (Å²) in [5.74, 6) is 2.01. The molecule has 35 heavy (non-hydrogen) atoms. The van der Waals surface area contributed by atoms with E-state index >= 15 is 0 Å². The van der Waals surface area contributed by atoms with Gasteiger partial charge in [-0.25, -0.2) is 4.79 Å². The summed E-state index contributed by atoms with van der Waals surface area (Å²) in [6.07, 6.45) is 1.56. The van der Waals surface area contributed by atoms with Crippen LogP contribution in [0.5, 0.6) is 40.2 Å². The van der Waals surface area contributed by atoms with E-state index in [1.165, 1.54) is 33.5 Å². The lowest BCUT2D eigenvalue weighted by Crippen LogP contribution is -2.08. The van der Waals surface area contributed by atoms with Crippen molar-refractivity contribution in [2.45, 2.75) is 0 Å². The normalized spacial score (nSPS) is 14.4. The number of esters is 1. The lowest BCUT2D eigenvalue weighted by Gasteiger charge is -2.14. The summed E-state index contributed by atoms with van der Waals surface area (Å²) in [5.41, 5.74) is 1.21. The first-order chi connectivity index (χ1) is 17.0. The van der Waals surface area contributed by atoms with Gasteiger partial charge in [-0.1, -0.05) is 0 Å². The molecule has 0 fully saturated rings. The van der Waals surface area contributed by atoms with Gasteiger partial charge in [0.15, 0.2) is 28.8 Å². The SMILES string of the molecule is COc1ccc(C=C2Oc3cc(OC(=O)c4ccc5c(c4)OCO5)ccc3C2=O)c(OC)c1OC. The van der Waals surface area contributed by atoms with Crippen molar-refractivity contribution in [3.05, 3.63) is 71.0 Å². The molecule has 2 heterocycles. The third-order valence-electron chi connectivity index (χ3n) is 5.48. The Balaban J connectivity index is 1.38. The third-order valence-corrected chi connectivity index (χ3v) is 5.48. The number of benzene rings is 3. The molecule has 0 spiro atoms. The maximum Gasteiger partial charge on any atom is 0.343 e. The molecule has 3 aromatic rings. The Hall–Kier alpha value is -4.66. The third kappa shape index (κ3) is 3.97.